The van der Waals surface area contributed by atoms with Crippen molar-refractivity contribution < 1.29 is 4.74 Å². The summed E-state index contributed by atoms with van der Waals surface area (Å²) >= 11 is 5.31. The number of ether oxygens (including phenoxy) is 1. The third kappa shape index (κ3) is 4.05. The van der Waals surface area contributed by atoms with E-state index in [2.05, 4.69) is 22.2 Å². The summed E-state index contributed by atoms with van der Waals surface area (Å²) in [4.78, 5) is 0. The van der Waals surface area contributed by atoms with E-state index in [1.165, 1.54) is 0 Å². The molecule has 0 aromatic heterocycles. The Kier molecular flexibility index (Phi) is 6.13. The highest BCUT2D eigenvalue weighted by molar-refractivity contribution is 9.10. The van der Waals surface area contributed by atoms with Crippen LogP contribution in [-0.4, -0.2) is 18.6 Å². The maximum atomic E-state index is 5.72. The molecule has 1 aromatic rings. The third-order valence-electron chi connectivity index (χ3n) is 2.01. The summed E-state index contributed by atoms with van der Waals surface area (Å²) in [5.41, 5.74) is 6.69. The Balaban J connectivity index is 2.58. The van der Waals surface area contributed by atoms with Gasteiger partial charge in [-0.25, -0.2) is 0 Å². The van der Waals surface area contributed by atoms with Crippen LogP contribution in [0.15, 0.2) is 22.7 Å². The largest absolute Gasteiger partial charge is 0.492 e. The van der Waals surface area contributed by atoms with Crippen molar-refractivity contribution in [2.75, 3.05) is 18.6 Å². The molecule has 0 radical (unpaired) electrons. The van der Waals surface area contributed by atoms with Crippen molar-refractivity contribution in [3.63, 3.8) is 0 Å². The average Bonchev–Trinajstić information content (AvgIpc) is 2.26. The Morgan fingerprint density at radius 3 is 2.93 bits per heavy atom. The molecule has 0 bridgehead atoms. The first kappa shape index (κ1) is 12.9. The molecule has 0 spiro atoms. The van der Waals surface area contributed by atoms with Crippen LogP contribution in [0.3, 0.4) is 0 Å². The molecule has 15 heavy (non-hydrogen) atoms. The molecule has 0 heterocycles. The van der Waals surface area contributed by atoms with Crippen LogP contribution in [0.4, 0.5) is 0 Å². The van der Waals surface area contributed by atoms with Crippen LogP contribution in [0.1, 0.15) is 12.0 Å². The van der Waals surface area contributed by atoms with Crippen molar-refractivity contribution in [1.29, 1.82) is 0 Å². The minimum Gasteiger partial charge on any atom is -0.492 e. The Morgan fingerprint density at radius 1 is 1.47 bits per heavy atom. The first-order valence-corrected chi connectivity index (χ1v) is 7.07. The van der Waals surface area contributed by atoms with Gasteiger partial charge in [-0.1, -0.05) is 12.1 Å². The smallest absolute Gasteiger partial charge is 0.137 e. The molecule has 0 atom stereocenters. The molecular weight excluding hydrogens is 274 g/mol. The Morgan fingerprint density at radius 2 is 2.27 bits per heavy atom. The first-order valence-electron chi connectivity index (χ1n) is 4.88. The standard InChI is InChI=1S/C11H16BrNOS/c1-15-7-3-6-14-11-9(8-13)4-2-5-10(11)12/h2,4-5H,3,6-8,13H2,1H3. The molecule has 0 fully saturated rings. The highest BCUT2D eigenvalue weighted by Gasteiger charge is 2.05. The van der Waals surface area contributed by atoms with Gasteiger partial charge in [-0.3, -0.25) is 0 Å². The number of rotatable bonds is 6. The third-order valence-corrected chi connectivity index (χ3v) is 3.33. The highest BCUT2D eigenvalue weighted by Crippen LogP contribution is 2.28. The molecule has 0 amide bonds. The Hall–Kier alpha value is -0.190. The molecule has 84 valence electrons. The van der Waals surface area contributed by atoms with Crippen molar-refractivity contribution in [2.24, 2.45) is 5.73 Å². The molecule has 1 rings (SSSR count). The van der Waals surface area contributed by atoms with Crippen LogP contribution in [0.25, 0.3) is 0 Å². The normalized spacial score (nSPS) is 10.3. The molecule has 0 saturated heterocycles. The number of hydrogen-bond donors (Lipinski definition) is 1. The molecule has 2 N–H and O–H groups in total. The van der Waals surface area contributed by atoms with E-state index in [0.717, 1.165) is 34.6 Å². The SMILES string of the molecule is CSCCCOc1c(Br)cccc1CN. The van der Waals surface area contributed by atoms with E-state index >= 15 is 0 Å². The van der Waals surface area contributed by atoms with Gasteiger partial charge in [0.2, 0.25) is 0 Å². The zero-order valence-corrected chi connectivity index (χ0v) is 11.2. The lowest BCUT2D eigenvalue weighted by molar-refractivity contribution is 0.313. The van der Waals surface area contributed by atoms with Gasteiger partial charge in [-0.2, -0.15) is 11.8 Å². The van der Waals surface area contributed by atoms with Crippen molar-refractivity contribution >= 4 is 27.7 Å². The van der Waals surface area contributed by atoms with Gasteiger partial charge in [0.1, 0.15) is 5.75 Å². The van der Waals surface area contributed by atoms with Gasteiger partial charge in [0, 0.05) is 12.1 Å². The topological polar surface area (TPSA) is 35.2 Å². The fourth-order valence-electron chi connectivity index (χ4n) is 1.25. The van der Waals surface area contributed by atoms with E-state index in [-0.39, 0.29) is 0 Å². The summed E-state index contributed by atoms with van der Waals surface area (Å²) in [5.74, 6) is 2.02. The quantitative estimate of drug-likeness (QED) is 0.818. The van der Waals surface area contributed by atoms with Gasteiger partial charge in [0.05, 0.1) is 11.1 Å². The summed E-state index contributed by atoms with van der Waals surface area (Å²) in [6, 6.07) is 5.94. The number of nitrogens with two attached hydrogens (primary N) is 1. The van der Waals surface area contributed by atoms with Crippen LogP contribution in [0.2, 0.25) is 0 Å². The summed E-state index contributed by atoms with van der Waals surface area (Å²) in [5, 5.41) is 0. The van der Waals surface area contributed by atoms with Gasteiger partial charge in [-0.05, 0) is 40.4 Å². The predicted molar refractivity (Wildman–Crippen MR) is 70.5 cm³/mol. The maximum absolute atomic E-state index is 5.72. The lowest BCUT2D eigenvalue weighted by atomic mass is 10.2. The van der Waals surface area contributed by atoms with Crippen LogP contribution in [0.5, 0.6) is 5.75 Å². The molecule has 0 aliphatic rings. The van der Waals surface area contributed by atoms with Gasteiger partial charge >= 0.3 is 0 Å². The number of hydrogen-bond acceptors (Lipinski definition) is 3. The Bertz CT molecular complexity index is 307. The van der Waals surface area contributed by atoms with Crippen molar-refractivity contribution in [2.45, 2.75) is 13.0 Å². The summed E-state index contributed by atoms with van der Waals surface area (Å²) in [6.45, 7) is 1.26. The van der Waals surface area contributed by atoms with Crippen molar-refractivity contribution in [1.82, 2.24) is 0 Å². The zero-order valence-electron chi connectivity index (χ0n) is 8.83. The van der Waals surface area contributed by atoms with Gasteiger partial charge in [0.15, 0.2) is 0 Å². The minimum absolute atomic E-state index is 0.511. The number of halogens is 1. The summed E-state index contributed by atoms with van der Waals surface area (Å²) in [6.07, 6.45) is 3.16. The van der Waals surface area contributed by atoms with E-state index < -0.39 is 0 Å². The van der Waals surface area contributed by atoms with Crippen LogP contribution < -0.4 is 10.5 Å². The summed E-state index contributed by atoms with van der Waals surface area (Å²) < 4.78 is 6.70. The second kappa shape index (κ2) is 7.14. The van der Waals surface area contributed by atoms with Crippen LogP contribution in [-0.2, 0) is 6.54 Å². The van der Waals surface area contributed by atoms with Crippen LogP contribution >= 0.6 is 27.7 Å². The van der Waals surface area contributed by atoms with Crippen molar-refractivity contribution in [3.8, 4) is 5.75 Å². The fraction of sp³-hybridized carbons (Fsp3) is 0.455. The van der Waals surface area contributed by atoms with Gasteiger partial charge in [-0.15, -0.1) is 0 Å². The number of para-hydroxylation sites is 1. The lowest BCUT2D eigenvalue weighted by Crippen LogP contribution is -2.05. The molecule has 0 aliphatic heterocycles. The lowest BCUT2D eigenvalue weighted by Gasteiger charge is -2.11. The minimum atomic E-state index is 0.511. The van der Waals surface area contributed by atoms with Crippen molar-refractivity contribution in [3.05, 3.63) is 28.2 Å². The second-order valence-corrected chi connectivity index (χ2v) is 4.97. The monoisotopic (exact) mass is 289 g/mol. The zero-order chi connectivity index (χ0) is 11.1. The van der Waals surface area contributed by atoms with Gasteiger partial charge < -0.3 is 10.5 Å². The molecule has 0 unspecified atom stereocenters. The Labute approximate surface area is 104 Å². The molecule has 1 aromatic carbocycles. The molecular formula is C11H16BrNOS. The number of thioether (sulfide) groups is 1. The second-order valence-electron chi connectivity index (χ2n) is 3.13. The highest BCUT2D eigenvalue weighted by atomic mass is 79.9. The molecule has 2 nitrogen and oxygen atoms in total. The van der Waals surface area contributed by atoms with E-state index in [1.807, 2.05) is 30.0 Å². The molecule has 4 heteroatoms. The maximum Gasteiger partial charge on any atom is 0.137 e. The van der Waals surface area contributed by atoms with E-state index in [0.29, 0.717) is 6.54 Å². The fourth-order valence-corrected chi connectivity index (χ4v) is 2.18. The first-order chi connectivity index (χ1) is 7.29. The van der Waals surface area contributed by atoms with E-state index in [1.54, 1.807) is 0 Å². The van der Waals surface area contributed by atoms with Gasteiger partial charge in [0.25, 0.3) is 0 Å². The summed E-state index contributed by atoms with van der Waals surface area (Å²) in [7, 11) is 0. The molecule has 0 saturated carbocycles. The van der Waals surface area contributed by atoms with E-state index in [4.69, 9.17) is 10.5 Å². The number of benzene rings is 1. The average molecular weight is 290 g/mol. The molecule has 0 aliphatic carbocycles. The van der Waals surface area contributed by atoms with E-state index in [9.17, 15) is 0 Å². The van der Waals surface area contributed by atoms with Crippen LogP contribution in [0, 0.1) is 0 Å². The predicted octanol–water partition coefficient (Wildman–Crippen LogP) is 3.04.